The Balaban J connectivity index is 3.05. The van der Waals surface area contributed by atoms with Crippen molar-refractivity contribution >= 4 is 0 Å². The highest BCUT2D eigenvalue weighted by Gasteiger charge is 2.04. The summed E-state index contributed by atoms with van der Waals surface area (Å²) in [4.78, 5) is 4.57. The number of hydrogen-bond acceptors (Lipinski definition) is 3. The molecule has 0 saturated carbocycles. The number of methoxy groups -OCH3 is 1. The molecule has 0 aliphatic heterocycles. The molecule has 0 saturated heterocycles. The fourth-order valence-electron chi connectivity index (χ4n) is 1.54. The second-order valence-corrected chi connectivity index (χ2v) is 3.07. The normalized spacial score (nSPS) is 10.2. The third-order valence-electron chi connectivity index (χ3n) is 1.97. The summed E-state index contributed by atoms with van der Waals surface area (Å²) in [5.74, 6) is 5.93. The lowest BCUT2D eigenvalue weighted by Gasteiger charge is -2.10. The smallest absolute Gasteiger partial charge is 0.124 e. The number of ether oxygens (including phenoxy) is 1. The molecule has 0 spiro atoms. The lowest BCUT2D eigenvalue weighted by Crippen LogP contribution is -2.00. The SMILES string of the molecule is COc1c(C)cc(CON)cc1C. The van der Waals surface area contributed by atoms with Gasteiger partial charge in [-0.25, -0.2) is 5.90 Å². The van der Waals surface area contributed by atoms with Crippen molar-refractivity contribution in [3.63, 3.8) is 0 Å². The zero-order chi connectivity index (χ0) is 9.84. The number of hydrogen-bond donors (Lipinski definition) is 1. The van der Waals surface area contributed by atoms with Crippen LogP contribution in [0.3, 0.4) is 0 Å². The van der Waals surface area contributed by atoms with Crippen molar-refractivity contribution in [1.29, 1.82) is 0 Å². The molecule has 0 aliphatic rings. The lowest BCUT2D eigenvalue weighted by atomic mass is 10.1. The van der Waals surface area contributed by atoms with Crippen LogP contribution in [0.25, 0.3) is 0 Å². The Kier molecular flexibility index (Phi) is 3.28. The van der Waals surface area contributed by atoms with E-state index in [9.17, 15) is 0 Å². The molecule has 3 nitrogen and oxygen atoms in total. The van der Waals surface area contributed by atoms with Gasteiger partial charge in [0.25, 0.3) is 0 Å². The highest BCUT2D eigenvalue weighted by Crippen LogP contribution is 2.24. The Morgan fingerprint density at radius 2 is 1.77 bits per heavy atom. The fourth-order valence-corrected chi connectivity index (χ4v) is 1.54. The fraction of sp³-hybridized carbons (Fsp3) is 0.400. The van der Waals surface area contributed by atoms with Gasteiger partial charge >= 0.3 is 0 Å². The molecule has 13 heavy (non-hydrogen) atoms. The quantitative estimate of drug-likeness (QED) is 0.722. The first-order chi connectivity index (χ1) is 6.19. The molecule has 0 aromatic heterocycles. The van der Waals surface area contributed by atoms with E-state index in [2.05, 4.69) is 4.84 Å². The van der Waals surface area contributed by atoms with Gasteiger partial charge in [-0.3, -0.25) is 4.84 Å². The molecule has 0 bridgehead atoms. The van der Waals surface area contributed by atoms with Gasteiger partial charge in [0.15, 0.2) is 0 Å². The standard InChI is InChI=1S/C10H15NO2/c1-7-4-9(6-13-11)5-8(2)10(7)12-3/h4-5H,6,11H2,1-3H3. The van der Waals surface area contributed by atoms with Crippen molar-refractivity contribution in [1.82, 2.24) is 0 Å². The Morgan fingerprint density at radius 3 is 2.15 bits per heavy atom. The average Bonchev–Trinajstić information content (AvgIpc) is 2.04. The van der Waals surface area contributed by atoms with Crippen LogP contribution in [-0.4, -0.2) is 7.11 Å². The molecule has 0 amide bonds. The second kappa shape index (κ2) is 4.25. The molecular weight excluding hydrogens is 166 g/mol. The third-order valence-corrected chi connectivity index (χ3v) is 1.97. The van der Waals surface area contributed by atoms with E-state index in [0.717, 1.165) is 22.4 Å². The molecule has 1 aromatic rings. The van der Waals surface area contributed by atoms with Crippen LogP contribution < -0.4 is 10.6 Å². The number of rotatable bonds is 3. The van der Waals surface area contributed by atoms with Crippen LogP contribution in [0.1, 0.15) is 16.7 Å². The zero-order valence-corrected chi connectivity index (χ0v) is 8.26. The van der Waals surface area contributed by atoms with E-state index >= 15 is 0 Å². The minimum atomic E-state index is 0.436. The Labute approximate surface area is 78.4 Å². The van der Waals surface area contributed by atoms with Crippen LogP contribution in [0.15, 0.2) is 12.1 Å². The molecule has 0 aliphatic carbocycles. The zero-order valence-electron chi connectivity index (χ0n) is 8.26. The predicted molar refractivity (Wildman–Crippen MR) is 51.4 cm³/mol. The van der Waals surface area contributed by atoms with Gasteiger partial charge in [0.05, 0.1) is 13.7 Å². The van der Waals surface area contributed by atoms with E-state index in [1.54, 1.807) is 7.11 Å². The van der Waals surface area contributed by atoms with Crippen molar-refractivity contribution in [3.8, 4) is 5.75 Å². The van der Waals surface area contributed by atoms with Gasteiger partial charge in [0, 0.05) is 0 Å². The number of aryl methyl sites for hydroxylation is 2. The van der Waals surface area contributed by atoms with Crippen LogP contribution in [0.4, 0.5) is 0 Å². The molecule has 3 heteroatoms. The molecule has 0 fully saturated rings. The van der Waals surface area contributed by atoms with Crippen LogP contribution in [0.2, 0.25) is 0 Å². The maximum Gasteiger partial charge on any atom is 0.124 e. The third kappa shape index (κ3) is 2.20. The molecule has 0 heterocycles. The Morgan fingerprint density at radius 1 is 1.23 bits per heavy atom. The molecule has 0 radical (unpaired) electrons. The molecular formula is C10H15NO2. The lowest BCUT2D eigenvalue weighted by molar-refractivity contribution is 0.124. The second-order valence-electron chi connectivity index (χ2n) is 3.07. The van der Waals surface area contributed by atoms with E-state index in [4.69, 9.17) is 10.6 Å². The van der Waals surface area contributed by atoms with Crippen molar-refractivity contribution in [2.24, 2.45) is 5.90 Å². The highest BCUT2D eigenvalue weighted by molar-refractivity contribution is 5.43. The summed E-state index contributed by atoms with van der Waals surface area (Å²) in [5.41, 5.74) is 3.28. The first kappa shape index (κ1) is 10.0. The maximum absolute atomic E-state index is 5.24. The van der Waals surface area contributed by atoms with Crippen molar-refractivity contribution in [2.75, 3.05) is 7.11 Å². The van der Waals surface area contributed by atoms with Crippen LogP contribution in [0.5, 0.6) is 5.75 Å². The van der Waals surface area contributed by atoms with Gasteiger partial charge in [0.2, 0.25) is 0 Å². The Bertz CT molecular complexity index is 274. The van der Waals surface area contributed by atoms with Crippen LogP contribution in [-0.2, 0) is 11.4 Å². The van der Waals surface area contributed by atoms with Crippen molar-refractivity contribution in [3.05, 3.63) is 28.8 Å². The number of benzene rings is 1. The highest BCUT2D eigenvalue weighted by atomic mass is 16.6. The summed E-state index contributed by atoms with van der Waals surface area (Å²) < 4.78 is 5.24. The summed E-state index contributed by atoms with van der Waals surface area (Å²) in [5, 5.41) is 0. The van der Waals surface area contributed by atoms with Gasteiger partial charge in [-0.2, -0.15) is 0 Å². The predicted octanol–water partition coefficient (Wildman–Crippen LogP) is 1.70. The molecule has 2 N–H and O–H groups in total. The summed E-state index contributed by atoms with van der Waals surface area (Å²) in [7, 11) is 1.68. The monoisotopic (exact) mass is 181 g/mol. The molecule has 1 aromatic carbocycles. The summed E-state index contributed by atoms with van der Waals surface area (Å²) in [6.45, 7) is 4.45. The first-order valence-corrected chi connectivity index (χ1v) is 4.15. The Hall–Kier alpha value is -1.06. The van der Waals surface area contributed by atoms with E-state index in [1.165, 1.54) is 0 Å². The van der Waals surface area contributed by atoms with Gasteiger partial charge in [-0.15, -0.1) is 0 Å². The van der Waals surface area contributed by atoms with Gasteiger partial charge in [-0.05, 0) is 42.7 Å². The number of nitrogens with two attached hydrogens (primary N) is 1. The summed E-state index contributed by atoms with van der Waals surface area (Å²) in [6, 6.07) is 4.03. The van der Waals surface area contributed by atoms with Crippen LogP contribution >= 0.6 is 0 Å². The first-order valence-electron chi connectivity index (χ1n) is 4.15. The molecule has 1 rings (SSSR count). The van der Waals surface area contributed by atoms with Crippen molar-refractivity contribution < 1.29 is 9.57 Å². The minimum absolute atomic E-state index is 0.436. The topological polar surface area (TPSA) is 44.5 Å². The van der Waals surface area contributed by atoms with Gasteiger partial charge < -0.3 is 4.74 Å². The van der Waals surface area contributed by atoms with Crippen molar-refractivity contribution in [2.45, 2.75) is 20.5 Å². The van der Waals surface area contributed by atoms with Crippen LogP contribution in [0, 0.1) is 13.8 Å². The maximum atomic E-state index is 5.24. The molecule has 0 atom stereocenters. The largest absolute Gasteiger partial charge is 0.496 e. The van der Waals surface area contributed by atoms with E-state index in [1.807, 2.05) is 26.0 Å². The summed E-state index contributed by atoms with van der Waals surface area (Å²) >= 11 is 0. The minimum Gasteiger partial charge on any atom is -0.496 e. The van der Waals surface area contributed by atoms with E-state index in [0.29, 0.717) is 6.61 Å². The molecule has 0 unspecified atom stereocenters. The summed E-state index contributed by atoms with van der Waals surface area (Å²) in [6.07, 6.45) is 0. The van der Waals surface area contributed by atoms with E-state index < -0.39 is 0 Å². The van der Waals surface area contributed by atoms with Gasteiger partial charge in [0.1, 0.15) is 5.75 Å². The molecule has 72 valence electrons. The van der Waals surface area contributed by atoms with Gasteiger partial charge in [-0.1, -0.05) is 0 Å². The van der Waals surface area contributed by atoms with E-state index in [-0.39, 0.29) is 0 Å². The average molecular weight is 181 g/mol.